The number of hydrogen-bond acceptors (Lipinski definition) is 3. The number of benzene rings is 1. The molecule has 2 aromatic rings. The van der Waals surface area contributed by atoms with Gasteiger partial charge in [-0.2, -0.15) is 0 Å². The predicted octanol–water partition coefficient (Wildman–Crippen LogP) is 3.26. The first kappa shape index (κ1) is 14.0. The molecule has 1 aromatic heterocycles. The van der Waals surface area contributed by atoms with Gasteiger partial charge in [0.2, 0.25) is 0 Å². The molecule has 1 heterocycles. The maximum atomic E-state index is 12.2. The predicted molar refractivity (Wildman–Crippen MR) is 78.7 cm³/mol. The molecule has 0 radical (unpaired) electrons. The smallest absolute Gasteiger partial charge is 0.263 e. The van der Waals surface area contributed by atoms with E-state index in [1.54, 1.807) is 24.3 Å². The number of anilines is 1. The molecular weight excluding hydrogens is 328 g/mol. The van der Waals surface area contributed by atoms with Crippen LogP contribution < -0.4 is 4.72 Å². The molecule has 0 aliphatic carbocycles. The van der Waals surface area contributed by atoms with Crippen LogP contribution in [0.1, 0.15) is 11.3 Å². The van der Waals surface area contributed by atoms with Crippen LogP contribution in [0.25, 0.3) is 0 Å². The topological polar surface area (TPSA) is 59.1 Å². The van der Waals surface area contributed by atoms with Gasteiger partial charge in [-0.1, -0.05) is 22.0 Å². The van der Waals surface area contributed by atoms with E-state index in [1.165, 1.54) is 6.07 Å². The minimum Gasteiger partial charge on any atom is -0.263 e. The number of aromatic nitrogens is 1. The summed E-state index contributed by atoms with van der Waals surface area (Å²) in [5.74, 6) is 0.331. The van der Waals surface area contributed by atoms with Crippen molar-refractivity contribution in [3.05, 3.63) is 52.1 Å². The zero-order valence-corrected chi connectivity index (χ0v) is 12.9. The van der Waals surface area contributed by atoms with Crippen molar-refractivity contribution in [2.24, 2.45) is 0 Å². The van der Waals surface area contributed by atoms with Gasteiger partial charge in [0.15, 0.2) is 0 Å². The third-order valence-electron chi connectivity index (χ3n) is 2.44. The second-order valence-corrected chi connectivity index (χ2v) is 6.83. The molecule has 1 aromatic carbocycles. The Hall–Kier alpha value is -1.40. The number of rotatable bonds is 3. The maximum Gasteiger partial charge on any atom is 0.263 e. The molecule has 0 saturated heterocycles. The molecule has 0 atom stereocenters. The highest BCUT2D eigenvalue weighted by molar-refractivity contribution is 9.10. The van der Waals surface area contributed by atoms with Gasteiger partial charge >= 0.3 is 0 Å². The summed E-state index contributed by atoms with van der Waals surface area (Å²) in [6, 6.07) is 10.1. The van der Waals surface area contributed by atoms with Crippen LogP contribution in [-0.2, 0) is 10.0 Å². The molecule has 0 amide bonds. The van der Waals surface area contributed by atoms with Gasteiger partial charge in [-0.3, -0.25) is 4.72 Å². The van der Waals surface area contributed by atoms with Gasteiger partial charge in [-0.05, 0) is 49.7 Å². The molecule has 0 fully saturated rings. The van der Waals surface area contributed by atoms with E-state index in [1.807, 2.05) is 19.9 Å². The maximum absolute atomic E-state index is 12.2. The summed E-state index contributed by atoms with van der Waals surface area (Å²) in [4.78, 5) is 4.36. The largest absolute Gasteiger partial charge is 0.263 e. The minimum absolute atomic E-state index is 0.197. The minimum atomic E-state index is -3.61. The Bertz CT molecular complexity index is 694. The summed E-state index contributed by atoms with van der Waals surface area (Å²) in [7, 11) is -3.61. The van der Waals surface area contributed by atoms with Crippen LogP contribution in [0.15, 0.2) is 45.8 Å². The van der Waals surface area contributed by atoms with Crippen molar-refractivity contribution in [1.82, 2.24) is 4.98 Å². The Morgan fingerprint density at radius 2 is 1.89 bits per heavy atom. The van der Waals surface area contributed by atoms with Crippen molar-refractivity contribution in [1.29, 1.82) is 0 Å². The SMILES string of the molecule is Cc1cc(C)nc(NS(=O)(=O)c2cccc(Br)c2)c1. The van der Waals surface area contributed by atoms with Crippen LogP contribution in [-0.4, -0.2) is 13.4 Å². The first-order valence-corrected chi connectivity index (χ1v) is 7.88. The van der Waals surface area contributed by atoms with Crippen LogP contribution in [0.5, 0.6) is 0 Å². The molecule has 0 saturated carbocycles. The Morgan fingerprint density at radius 1 is 1.16 bits per heavy atom. The fourth-order valence-corrected chi connectivity index (χ4v) is 3.31. The lowest BCUT2D eigenvalue weighted by atomic mass is 10.2. The molecule has 0 bridgehead atoms. The van der Waals surface area contributed by atoms with Gasteiger partial charge in [0.1, 0.15) is 5.82 Å². The van der Waals surface area contributed by atoms with Crippen molar-refractivity contribution in [3.63, 3.8) is 0 Å². The van der Waals surface area contributed by atoms with E-state index in [4.69, 9.17) is 0 Å². The summed E-state index contributed by atoms with van der Waals surface area (Å²) < 4.78 is 27.6. The first-order chi connectivity index (χ1) is 8.87. The Balaban J connectivity index is 2.36. The first-order valence-electron chi connectivity index (χ1n) is 5.60. The van der Waals surface area contributed by atoms with Gasteiger partial charge in [-0.15, -0.1) is 0 Å². The monoisotopic (exact) mass is 340 g/mol. The Labute approximate surface area is 121 Å². The molecule has 19 heavy (non-hydrogen) atoms. The number of sulfonamides is 1. The Kier molecular flexibility index (Phi) is 3.91. The highest BCUT2D eigenvalue weighted by atomic mass is 79.9. The average Bonchev–Trinajstić information content (AvgIpc) is 2.26. The quantitative estimate of drug-likeness (QED) is 0.932. The zero-order chi connectivity index (χ0) is 14.0. The number of halogens is 1. The summed E-state index contributed by atoms with van der Waals surface area (Å²) in [5.41, 5.74) is 1.73. The van der Waals surface area contributed by atoms with Crippen molar-refractivity contribution in [2.75, 3.05) is 4.72 Å². The van der Waals surface area contributed by atoms with E-state index in [0.29, 0.717) is 10.3 Å². The van der Waals surface area contributed by atoms with Gasteiger partial charge < -0.3 is 0 Å². The number of nitrogens with one attached hydrogen (secondary N) is 1. The second-order valence-electron chi connectivity index (χ2n) is 4.23. The lowest BCUT2D eigenvalue weighted by molar-refractivity contribution is 0.601. The summed E-state index contributed by atoms with van der Waals surface area (Å²) >= 11 is 3.26. The average molecular weight is 341 g/mol. The van der Waals surface area contributed by atoms with Crippen molar-refractivity contribution in [3.8, 4) is 0 Å². The molecule has 0 aliphatic rings. The van der Waals surface area contributed by atoms with E-state index < -0.39 is 10.0 Å². The summed E-state index contributed by atoms with van der Waals surface area (Å²) in [6.07, 6.45) is 0. The molecule has 2 rings (SSSR count). The Morgan fingerprint density at radius 3 is 2.53 bits per heavy atom. The van der Waals surface area contributed by atoms with E-state index in [-0.39, 0.29) is 4.90 Å². The van der Waals surface area contributed by atoms with Gasteiger partial charge in [-0.25, -0.2) is 13.4 Å². The molecule has 0 aliphatic heterocycles. The van der Waals surface area contributed by atoms with Crippen LogP contribution >= 0.6 is 15.9 Å². The lowest BCUT2D eigenvalue weighted by Gasteiger charge is -2.09. The highest BCUT2D eigenvalue weighted by Gasteiger charge is 2.15. The van der Waals surface area contributed by atoms with Gasteiger partial charge in [0.05, 0.1) is 4.90 Å². The van der Waals surface area contributed by atoms with Gasteiger partial charge in [0.25, 0.3) is 10.0 Å². The van der Waals surface area contributed by atoms with Crippen molar-refractivity contribution in [2.45, 2.75) is 18.7 Å². The van der Waals surface area contributed by atoms with Crippen molar-refractivity contribution < 1.29 is 8.42 Å². The fourth-order valence-electron chi connectivity index (χ4n) is 1.72. The number of nitrogens with zero attached hydrogens (tertiary/aromatic N) is 1. The molecule has 0 spiro atoms. The lowest BCUT2D eigenvalue weighted by Crippen LogP contribution is -2.14. The fraction of sp³-hybridized carbons (Fsp3) is 0.154. The van der Waals surface area contributed by atoms with E-state index >= 15 is 0 Å². The van der Waals surface area contributed by atoms with Gasteiger partial charge in [0, 0.05) is 10.2 Å². The zero-order valence-electron chi connectivity index (χ0n) is 10.5. The summed E-state index contributed by atoms with van der Waals surface area (Å²) in [5, 5.41) is 0. The van der Waals surface area contributed by atoms with E-state index in [9.17, 15) is 8.42 Å². The molecule has 100 valence electrons. The normalized spacial score (nSPS) is 11.3. The molecule has 4 nitrogen and oxygen atoms in total. The third kappa shape index (κ3) is 3.54. The second kappa shape index (κ2) is 5.30. The molecule has 1 N–H and O–H groups in total. The summed E-state index contributed by atoms with van der Waals surface area (Å²) in [6.45, 7) is 3.72. The molecular formula is C13H13BrN2O2S. The van der Waals surface area contributed by atoms with E-state index in [0.717, 1.165) is 11.3 Å². The number of hydrogen-bond donors (Lipinski definition) is 1. The highest BCUT2D eigenvalue weighted by Crippen LogP contribution is 2.19. The van der Waals surface area contributed by atoms with E-state index in [2.05, 4.69) is 25.6 Å². The third-order valence-corrected chi connectivity index (χ3v) is 4.29. The van der Waals surface area contributed by atoms with Crippen LogP contribution in [0, 0.1) is 13.8 Å². The standard InChI is InChI=1S/C13H13BrN2O2S/c1-9-6-10(2)15-13(7-9)16-19(17,18)12-5-3-4-11(14)8-12/h3-8H,1-2H3,(H,15,16). The molecule has 0 unspecified atom stereocenters. The van der Waals surface area contributed by atoms with Crippen molar-refractivity contribution >= 4 is 31.8 Å². The van der Waals surface area contributed by atoms with Crippen LogP contribution in [0.3, 0.4) is 0 Å². The number of aryl methyl sites for hydroxylation is 2. The molecule has 6 heteroatoms. The van der Waals surface area contributed by atoms with Crippen LogP contribution in [0.2, 0.25) is 0 Å². The van der Waals surface area contributed by atoms with Crippen LogP contribution in [0.4, 0.5) is 5.82 Å². The number of pyridine rings is 1.